The number of hydrogen-bond donors (Lipinski definition) is 2. The Morgan fingerprint density at radius 1 is 0.941 bits per heavy atom. The van der Waals surface area contributed by atoms with Crippen LogP contribution in [0.1, 0.15) is 18.4 Å². The van der Waals surface area contributed by atoms with Crippen molar-refractivity contribution < 1.29 is 28.5 Å². The predicted octanol–water partition coefficient (Wildman–Crippen LogP) is 2.62. The normalized spacial score (nSPS) is 14.2. The topological polar surface area (TPSA) is 98.4 Å². The van der Waals surface area contributed by atoms with Gasteiger partial charge in [-0.1, -0.05) is 12.1 Å². The number of para-hydroxylation sites is 1. The van der Waals surface area contributed by atoms with E-state index in [9.17, 15) is 9.59 Å². The monoisotopic (exact) mass is 471 g/mol. The maximum absolute atomic E-state index is 12.4. The second-order valence-electron chi connectivity index (χ2n) is 8.11. The van der Waals surface area contributed by atoms with Gasteiger partial charge >= 0.3 is 0 Å². The van der Waals surface area contributed by atoms with Crippen molar-refractivity contribution in [2.45, 2.75) is 25.9 Å². The number of carbonyl (C=O) groups excluding carboxylic acids is 2. The fraction of sp³-hybridized carbons (Fsp3) is 0.440. The lowest BCUT2D eigenvalue weighted by Crippen LogP contribution is -2.45. The van der Waals surface area contributed by atoms with Crippen molar-refractivity contribution >= 4 is 17.5 Å². The van der Waals surface area contributed by atoms with Gasteiger partial charge in [0, 0.05) is 13.1 Å². The quantitative estimate of drug-likeness (QED) is 0.550. The van der Waals surface area contributed by atoms with E-state index in [1.54, 1.807) is 27.4 Å². The molecule has 2 amide bonds. The molecule has 1 aliphatic heterocycles. The number of nitrogens with zero attached hydrogens (tertiary/aromatic N) is 1. The molecular formula is C25H33N3O6. The Bertz CT molecular complexity index is 966. The molecule has 0 spiro atoms. The molecule has 0 unspecified atom stereocenters. The predicted molar refractivity (Wildman–Crippen MR) is 129 cm³/mol. The lowest BCUT2D eigenvalue weighted by Gasteiger charge is -2.32. The third-order valence-electron chi connectivity index (χ3n) is 5.64. The molecule has 34 heavy (non-hydrogen) atoms. The van der Waals surface area contributed by atoms with Crippen LogP contribution >= 0.6 is 0 Å². The van der Waals surface area contributed by atoms with Crippen molar-refractivity contribution in [3.8, 4) is 23.0 Å². The summed E-state index contributed by atoms with van der Waals surface area (Å²) in [5.74, 6) is 1.92. The van der Waals surface area contributed by atoms with Crippen molar-refractivity contribution in [3.05, 3.63) is 42.0 Å². The number of carbonyl (C=O) groups is 2. The van der Waals surface area contributed by atoms with E-state index in [0.717, 1.165) is 18.4 Å². The van der Waals surface area contributed by atoms with Crippen LogP contribution in [0.15, 0.2) is 36.4 Å². The molecule has 1 heterocycles. The zero-order chi connectivity index (χ0) is 24.5. The molecule has 9 heteroatoms. The molecule has 1 aliphatic rings. The first kappa shape index (κ1) is 25.2. The number of piperidine rings is 1. The number of rotatable bonds is 10. The van der Waals surface area contributed by atoms with Gasteiger partial charge in [-0.3, -0.25) is 14.5 Å². The number of likely N-dealkylation sites (tertiary alicyclic amines) is 1. The summed E-state index contributed by atoms with van der Waals surface area (Å²) in [6.07, 6.45) is 1.53. The minimum absolute atomic E-state index is 0.000372. The van der Waals surface area contributed by atoms with Gasteiger partial charge in [-0.2, -0.15) is 0 Å². The smallest absolute Gasteiger partial charge is 0.243 e. The number of aryl methyl sites for hydroxylation is 1. The Kier molecular flexibility index (Phi) is 8.98. The van der Waals surface area contributed by atoms with Crippen LogP contribution < -0.4 is 29.6 Å². The number of anilines is 1. The zero-order valence-corrected chi connectivity index (χ0v) is 20.2. The molecule has 2 aromatic carbocycles. The van der Waals surface area contributed by atoms with Crippen LogP contribution in [0, 0.1) is 6.92 Å². The summed E-state index contributed by atoms with van der Waals surface area (Å²) in [7, 11) is 4.74. The van der Waals surface area contributed by atoms with Gasteiger partial charge in [-0.05, 0) is 49.6 Å². The summed E-state index contributed by atoms with van der Waals surface area (Å²) in [6, 6.07) is 11.0. The van der Waals surface area contributed by atoms with Crippen LogP contribution in [-0.2, 0) is 9.59 Å². The van der Waals surface area contributed by atoms with E-state index < -0.39 is 0 Å². The third kappa shape index (κ3) is 6.77. The summed E-state index contributed by atoms with van der Waals surface area (Å²) in [6.45, 7) is 3.47. The van der Waals surface area contributed by atoms with Crippen molar-refractivity contribution in [1.82, 2.24) is 10.2 Å². The molecule has 2 N–H and O–H groups in total. The molecule has 1 fully saturated rings. The van der Waals surface area contributed by atoms with Crippen LogP contribution in [-0.4, -0.2) is 70.3 Å². The number of methoxy groups -OCH3 is 3. The van der Waals surface area contributed by atoms with Crippen molar-refractivity contribution in [3.63, 3.8) is 0 Å². The molecular weight excluding hydrogens is 438 g/mol. The maximum Gasteiger partial charge on any atom is 0.243 e. The summed E-state index contributed by atoms with van der Waals surface area (Å²) >= 11 is 0. The molecule has 0 aromatic heterocycles. The highest BCUT2D eigenvalue weighted by atomic mass is 16.5. The molecule has 0 bridgehead atoms. The van der Waals surface area contributed by atoms with Crippen LogP contribution in [0.4, 0.5) is 5.69 Å². The van der Waals surface area contributed by atoms with E-state index in [4.69, 9.17) is 18.9 Å². The number of nitrogens with one attached hydrogen (secondary N) is 2. The van der Waals surface area contributed by atoms with E-state index in [-0.39, 0.29) is 31.0 Å². The Morgan fingerprint density at radius 3 is 2.21 bits per heavy atom. The second kappa shape index (κ2) is 12.1. The van der Waals surface area contributed by atoms with Crippen molar-refractivity contribution in [2.24, 2.45) is 0 Å². The zero-order valence-electron chi connectivity index (χ0n) is 20.2. The fourth-order valence-corrected chi connectivity index (χ4v) is 3.84. The van der Waals surface area contributed by atoms with Gasteiger partial charge in [0.25, 0.3) is 0 Å². The van der Waals surface area contributed by atoms with Crippen LogP contribution in [0.5, 0.6) is 23.0 Å². The average molecular weight is 472 g/mol. The maximum atomic E-state index is 12.4. The van der Waals surface area contributed by atoms with Gasteiger partial charge in [0.15, 0.2) is 11.5 Å². The van der Waals surface area contributed by atoms with E-state index in [1.165, 1.54) is 0 Å². The minimum atomic E-state index is -0.310. The highest BCUT2D eigenvalue weighted by molar-refractivity contribution is 5.96. The number of ether oxygens (including phenoxy) is 4. The molecule has 0 aliphatic carbocycles. The average Bonchev–Trinajstić information content (AvgIpc) is 2.84. The summed E-state index contributed by atoms with van der Waals surface area (Å²) in [5, 5.41) is 5.47. The van der Waals surface area contributed by atoms with Crippen molar-refractivity contribution in [2.75, 3.05) is 52.8 Å². The molecule has 0 radical (unpaired) electrons. The lowest BCUT2D eigenvalue weighted by molar-refractivity contribution is -0.125. The van der Waals surface area contributed by atoms with E-state index in [0.29, 0.717) is 41.8 Å². The summed E-state index contributed by atoms with van der Waals surface area (Å²) < 4.78 is 22.2. The number of amides is 2. The van der Waals surface area contributed by atoms with Gasteiger partial charge in [0.2, 0.25) is 17.6 Å². The van der Waals surface area contributed by atoms with E-state index in [2.05, 4.69) is 15.5 Å². The molecule has 1 saturated heterocycles. The minimum Gasteiger partial charge on any atom is -0.495 e. The van der Waals surface area contributed by atoms with Crippen LogP contribution in [0.2, 0.25) is 0 Å². The highest BCUT2D eigenvalue weighted by Gasteiger charge is 2.24. The van der Waals surface area contributed by atoms with Gasteiger partial charge in [-0.25, -0.2) is 0 Å². The first-order valence-electron chi connectivity index (χ1n) is 11.2. The first-order valence-corrected chi connectivity index (χ1v) is 11.2. The second-order valence-corrected chi connectivity index (χ2v) is 8.11. The third-order valence-corrected chi connectivity index (χ3v) is 5.64. The van der Waals surface area contributed by atoms with Gasteiger partial charge in [0.1, 0.15) is 11.9 Å². The molecule has 9 nitrogen and oxygen atoms in total. The van der Waals surface area contributed by atoms with Gasteiger partial charge < -0.3 is 29.6 Å². The van der Waals surface area contributed by atoms with Gasteiger partial charge in [-0.15, -0.1) is 0 Å². The van der Waals surface area contributed by atoms with E-state index >= 15 is 0 Å². The van der Waals surface area contributed by atoms with Crippen LogP contribution in [0.3, 0.4) is 0 Å². The molecule has 2 aromatic rings. The highest BCUT2D eigenvalue weighted by Crippen LogP contribution is 2.38. The molecule has 0 saturated carbocycles. The summed E-state index contributed by atoms with van der Waals surface area (Å²) in [4.78, 5) is 26.7. The summed E-state index contributed by atoms with van der Waals surface area (Å²) in [5.41, 5.74) is 1.58. The Hall–Kier alpha value is -3.46. The number of hydrogen-bond acceptors (Lipinski definition) is 7. The van der Waals surface area contributed by atoms with E-state index in [1.807, 2.05) is 37.3 Å². The van der Waals surface area contributed by atoms with Crippen LogP contribution in [0.25, 0.3) is 0 Å². The first-order chi connectivity index (χ1) is 16.4. The molecule has 184 valence electrons. The standard InChI is InChI=1S/C25H33N3O6/c1-17-8-9-20(31-2)19(14-17)27-23(29)15-26-24(30)16-28-12-10-18(11-13-28)34-25-21(32-3)6-5-7-22(25)33-4/h5-9,14,18H,10-13,15-16H2,1-4H3,(H,26,30)(H,27,29). The fourth-order valence-electron chi connectivity index (χ4n) is 3.84. The van der Waals surface area contributed by atoms with Gasteiger partial charge in [0.05, 0.1) is 40.1 Å². The lowest BCUT2D eigenvalue weighted by atomic mass is 10.1. The van der Waals surface area contributed by atoms with Crippen molar-refractivity contribution in [1.29, 1.82) is 0 Å². The molecule has 0 atom stereocenters. The SMILES string of the molecule is COc1ccc(C)cc1NC(=O)CNC(=O)CN1CCC(Oc2c(OC)cccc2OC)CC1. The Labute approximate surface area is 200 Å². The molecule has 3 rings (SSSR count). The Balaban J connectivity index is 1.42. The largest absolute Gasteiger partial charge is 0.495 e. The Morgan fingerprint density at radius 2 is 1.59 bits per heavy atom. The number of benzene rings is 2.